The van der Waals surface area contributed by atoms with Gasteiger partial charge in [-0.1, -0.05) is 12.2 Å². The quantitative estimate of drug-likeness (QED) is 0.449. The number of carbonyl (C=O) groups is 1. The summed E-state index contributed by atoms with van der Waals surface area (Å²) in [6.45, 7) is 0. The van der Waals surface area contributed by atoms with E-state index >= 15 is 0 Å². The van der Waals surface area contributed by atoms with E-state index in [0.29, 0.717) is 17.8 Å². The zero-order valence-corrected chi connectivity index (χ0v) is 6.62. The van der Waals surface area contributed by atoms with Crippen LogP contribution >= 0.6 is 12.2 Å². The fourth-order valence-corrected chi connectivity index (χ4v) is 0.743. The molecule has 0 fully saturated rings. The van der Waals surface area contributed by atoms with Crippen LogP contribution in [-0.4, -0.2) is 10.9 Å². The first-order valence-electron chi connectivity index (χ1n) is 3.19. The predicted octanol–water partition coefficient (Wildman–Crippen LogP) is 0.318. The van der Waals surface area contributed by atoms with Crippen LogP contribution in [0.3, 0.4) is 0 Å². The van der Waals surface area contributed by atoms with Crippen molar-refractivity contribution in [2.75, 3.05) is 0 Å². The molecule has 10 heavy (non-hydrogen) atoms. The molecule has 58 valence electrons. The molecule has 0 radical (unpaired) electrons. The molecule has 0 atom stereocenters. The van der Waals surface area contributed by atoms with Crippen LogP contribution < -0.4 is 11.5 Å². The zero-order chi connectivity index (χ0) is 7.98. The molecule has 0 rings (SSSR count). The lowest BCUT2D eigenvalue weighted by molar-refractivity contribution is -0.118. The number of hydrogen-bond acceptors (Lipinski definition) is 2. The molecule has 0 spiro atoms. The lowest BCUT2D eigenvalue weighted by Gasteiger charge is -1.95. The van der Waals surface area contributed by atoms with Crippen LogP contribution in [0.15, 0.2) is 0 Å². The summed E-state index contributed by atoms with van der Waals surface area (Å²) in [5.41, 5.74) is 10.1. The molecule has 4 N–H and O–H groups in total. The first-order valence-corrected chi connectivity index (χ1v) is 3.60. The molecule has 0 aliphatic heterocycles. The van der Waals surface area contributed by atoms with E-state index in [2.05, 4.69) is 12.2 Å². The lowest BCUT2D eigenvalue weighted by Crippen LogP contribution is -2.11. The van der Waals surface area contributed by atoms with Crippen LogP contribution in [0.25, 0.3) is 0 Å². The van der Waals surface area contributed by atoms with Crippen molar-refractivity contribution in [1.82, 2.24) is 0 Å². The molecule has 0 unspecified atom stereocenters. The van der Waals surface area contributed by atoms with Gasteiger partial charge in [0.05, 0.1) is 4.99 Å². The monoisotopic (exact) mass is 160 g/mol. The standard InChI is InChI=1S/C6H12N2OS/c7-5(9)3-1-2-4-6(8)10/h1-4H2,(H2,7,9)(H2,8,10). The summed E-state index contributed by atoms with van der Waals surface area (Å²) in [6.07, 6.45) is 2.79. The number of nitrogens with two attached hydrogens (primary N) is 2. The third kappa shape index (κ3) is 7.36. The number of thiocarbonyl (C=S) groups is 1. The Morgan fingerprint density at radius 1 is 1.20 bits per heavy atom. The molecule has 0 saturated heterocycles. The molecule has 4 heteroatoms. The minimum atomic E-state index is -0.261. The van der Waals surface area contributed by atoms with E-state index in [1.807, 2.05) is 0 Å². The van der Waals surface area contributed by atoms with Crippen molar-refractivity contribution in [3.05, 3.63) is 0 Å². The van der Waals surface area contributed by atoms with Gasteiger partial charge >= 0.3 is 0 Å². The molecular weight excluding hydrogens is 148 g/mol. The normalized spacial score (nSPS) is 9.20. The summed E-state index contributed by atoms with van der Waals surface area (Å²) in [6, 6.07) is 0. The van der Waals surface area contributed by atoms with Crippen molar-refractivity contribution in [3.8, 4) is 0 Å². The van der Waals surface area contributed by atoms with Gasteiger partial charge in [0.1, 0.15) is 0 Å². The van der Waals surface area contributed by atoms with E-state index in [1.54, 1.807) is 0 Å². The first-order chi connectivity index (χ1) is 4.63. The molecular formula is C6H12N2OS. The molecule has 0 bridgehead atoms. The predicted molar refractivity (Wildman–Crippen MR) is 44.4 cm³/mol. The van der Waals surface area contributed by atoms with Crippen LogP contribution in [0.2, 0.25) is 0 Å². The van der Waals surface area contributed by atoms with Crippen LogP contribution in [0.5, 0.6) is 0 Å². The summed E-state index contributed by atoms with van der Waals surface area (Å²) in [5.74, 6) is -0.261. The minimum Gasteiger partial charge on any atom is -0.393 e. The second-order valence-corrected chi connectivity index (χ2v) is 2.66. The van der Waals surface area contributed by atoms with E-state index < -0.39 is 0 Å². The number of primary amides is 1. The van der Waals surface area contributed by atoms with E-state index in [0.717, 1.165) is 12.8 Å². The van der Waals surface area contributed by atoms with Crippen molar-refractivity contribution in [2.24, 2.45) is 11.5 Å². The maximum atomic E-state index is 10.2. The molecule has 0 aromatic heterocycles. The van der Waals surface area contributed by atoms with Crippen LogP contribution in [-0.2, 0) is 4.79 Å². The molecule has 0 saturated carbocycles. The van der Waals surface area contributed by atoms with Gasteiger partial charge in [0, 0.05) is 6.42 Å². The fourth-order valence-electron chi connectivity index (χ4n) is 0.598. The second-order valence-electron chi connectivity index (χ2n) is 2.14. The van der Waals surface area contributed by atoms with E-state index in [-0.39, 0.29) is 5.91 Å². The number of rotatable bonds is 5. The van der Waals surface area contributed by atoms with Gasteiger partial charge in [-0.15, -0.1) is 0 Å². The van der Waals surface area contributed by atoms with Gasteiger partial charge in [-0.3, -0.25) is 4.79 Å². The van der Waals surface area contributed by atoms with E-state index in [1.165, 1.54) is 0 Å². The third-order valence-corrected chi connectivity index (χ3v) is 1.30. The van der Waals surface area contributed by atoms with Gasteiger partial charge in [0.25, 0.3) is 0 Å². The molecule has 0 aromatic carbocycles. The lowest BCUT2D eigenvalue weighted by atomic mass is 10.2. The van der Waals surface area contributed by atoms with Gasteiger partial charge < -0.3 is 11.5 Å². The highest BCUT2D eigenvalue weighted by molar-refractivity contribution is 7.80. The summed E-state index contributed by atoms with van der Waals surface area (Å²) in [4.78, 5) is 10.7. The topological polar surface area (TPSA) is 69.1 Å². The third-order valence-electron chi connectivity index (χ3n) is 1.10. The molecule has 0 heterocycles. The van der Waals surface area contributed by atoms with Crippen molar-refractivity contribution >= 4 is 23.1 Å². The Kier molecular flexibility index (Phi) is 4.84. The molecule has 0 aliphatic rings. The Morgan fingerprint density at radius 2 is 1.70 bits per heavy atom. The van der Waals surface area contributed by atoms with E-state index in [4.69, 9.17) is 11.5 Å². The van der Waals surface area contributed by atoms with Crippen molar-refractivity contribution in [2.45, 2.75) is 25.7 Å². The zero-order valence-electron chi connectivity index (χ0n) is 5.80. The smallest absolute Gasteiger partial charge is 0.217 e. The average Bonchev–Trinajstić information content (AvgIpc) is 1.79. The van der Waals surface area contributed by atoms with Crippen LogP contribution in [0, 0.1) is 0 Å². The Morgan fingerprint density at radius 3 is 2.10 bits per heavy atom. The number of unbranched alkanes of at least 4 members (excludes halogenated alkanes) is 1. The van der Waals surface area contributed by atoms with Crippen molar-refractivity contribution in [1.29, 1.82) is 0 Å². The first kappa shape index (κ1) is 9.36. The summed E-state index contributed by atoms with van der Waals surface area (Å²) in [5, 5.41) is 0. The number of hydrogen-bond donors (Lipinski definition) is 2. The van der Waals surface area contributed by atoms with Gasteiger partial charge in [0.15, 0.2) is 0 Å². The minimum absolute atomic E-state index is 0.261. The van der Waals surface area contributed by atoms with E-state index in [9.17, 15) is 4.79 Å². The van der Waals surface area contributed by atoms with Gasteiger partial charge in [-0.05, 0) is 19.3 Å². The largest absolute Gasteiger partial charge is 0.393 e. The second kappa shape index (κ2) is 5.17. The number of carbonyl (C=O) groups excluding carboxylic acids is 1. The summed E-state index contributed by atoms with van der Waals surface area (Å²) < 4.78 is 0. The number of amides is 1. The summed E-state index contributed by atoms with van der Waals surface area (Å²) in [7, 11) is 0. The highest BCUT2D eigenvalue weighted by atomic mass is 32.1. The summed E-state index contributed by atoms with van der Waals surface area (Å²) >= 11 is 4.64. The fraction of sp³-hybridized carbons (Fsp3) is 0.667. The molecule has 3 nitrogen and oxygen atoms in total. The Labute approximate surface area is 65.8 Å². The Bertz CT molecular complexity index is 120. The maximum Gasteiger partial charge on any atom is 0.217 e. The average molecular weight is 160 g/mol. The highest BCUT2D eigenvalue weighted by Gasteiger charge is 1.94. The highest BCUT2D eigenvalue weighted by Crippen LogP contribution is 1.98. The molecule has 0 aliphatic carbocycles. The van der Waals surface area contributed by atoms with Gasteiger partial charge in [-0.2, -0.15) is 0 Å². The van der Waals surface area contributed by atoms with Gasteiger partial charge in [-0.25, -0.2) is 0 Å². The van der Waals surface area contributed by atoms with Crippen molar-refractivity contribution in [3.63, 3.8) is 0 Å². The SMILES string of the molecule is NC(=O)CCCCC(N)=S. The van der Waals surface area contributed by atoms with Crippen LogP contribution in [0.1, 0.15) is 25.7 Å². The van der Waals surface area contributed by atoms with Gasteiger partial charge in [0.2, 0.25) is 5.91 Å². The van der Waals surface area contributed by atoms with Crippen LogP contribution in [0.4, 0.5) is 0 Å². The Hall–Kier alpha value is -0.640. The molecule has 1 amide bonds. The molecule has 0 aromatic rings. The maximum absolute atomic E-state index is 10.2. The Balaban J connectivity index is 3.06. The van der Waals surface area contributed by atoms with Crippen molar-refractivity contribution < 1.29 is 4.79 Å².